The lowest BCUT2D eigenvalue weighted by molar-refractivity contribution is -0.137. The van der Waals surface area contributed by atoms with Crippen molar-refractivity contribution in [3.63, 3.8) is 0 Å². The van der Waals surface area contributed by atoms with E-state index >= 15 is 0 Å². The number of alkyl halides is 3. The van der Waals surface area contributed by atoms with Crippen molar-refractivity contribution in [2.45, 2.75) is 18.7 Å². The average molecular weight is 329 g/mol. The lowest BCUT2D eigenvalue weighted by Gasteiger charge is -2.13. The first-order valence-corrected chi connectivity index (χ1v) is 7.43. The smallest absolute Gasteiger partial charge is 0.388 e. The van der Waals surface area contributed by atoms with Crippen LogP contribution in [-0.2, 0) is 6.18 Å². The molecule has 118 valence electrons. The van der Waals surface area contributed by atoms with Gasteiger partial charge in [-0.2, -0.15) is 13.2 Å². The molecule has 0 aliphatic heterocycles. The highest BCUT2D eigenvalue weighted by Gasteiger charge is 2.34. The van der Waals surface area contributed by atoms with Gasteiger partial charge >= 0.3 is 6.18 Å². The quantitative estimate of drug-likeness (QED) is 0.880. The third kappa shape index (κ3) is 4.08. The molecular weight excluding hydrogens is 315 g/mol. The maximum Gasteiger partial charge on any atom is 0.417 e. The Morgan fingerprint density at radius 1 is 1.23 bits per heavy atom. The molecule has 1 aromatic carbocycles. The molecule has 1 unspecified atom stereocenters. The number of aliphatic hydroxyl groups excluding tert-OH is 1. The first-order valence-electron chi connectivity index (χ1n) is 6.55. The molecule has 2 aromatic rings. The zero-order valence-electron chi connectivity index (χ0n) is 11.4. The largest absolute Gasteiger partial charge is 0.417 e. The molecular formula is C15H14F3NO2S. The van der Waals surface area contributed by atoms with Crippen LogP contribution < -0.4 is 5.32 Å². The van der Waals surface area contributed by atoms with E-state index in [-0.39, 0.29) is 13.0 Å². The minimum atomic E-state index is -4.58. The Labute approximate surface area is 129 Å². The summed E-state index contributed by atoms with van der Waals surface area (Å²) in [5.74, 6) is -0.800. The number of hydrogen-bond donors (Lipinski definition) is 2. The first kappa shape index (κ1) is 16.5. The third-order valence-electron chi connectivity index (χ3n) is 3.05. The zero-order valence-corrected chi connectivity index (χ0v) is 12.2. The summed E-state index contributed by atoms with van der Waals surface area (Å²) >= 11 is 1.38. The molecule has 0 aliphatic rings. The molecule has 7 heteroatoms. The second-order valence-electron chi connectivity index (χ2n) is 4.62. The van der Waals surface area contributed by atoms with E-state index in [1.54, 1.807) is 12.1 Å². The van der Waals surface area contributed by atoms with Gasteiger partial charge in [0.25, 0.3) is 5.91 Å². The van der Waals surface area contributed by atoms with E-state index < -0.39 is 29.3 Å². The van der Waals surface area contributed by atoms with Crippen molar-refractivity contribution in [3.05, 3.63) is 57.8 Å². The van der Waals surface area contributed by atoms with Crippen LogP contribution in [0.2, 0.25) is 0 Å². The third-order valence-corrected chi connectivity index (χ3v) is 4.03. The van der Waals surface area contributed by atoms with Gasteiger partial charge in [0, 0.05) is 11.4 Å². The van der Waals surface area contributed by atoms with Crippen molar-refractivity contribution >= 4 is 17.2 Å². The molecule has 0 fully saturated rings. The van der Waals surface area contributed by atoms with Crippen molar-refractivity contribution in [3.8, 4) is 0 Å². The SMILES string of the molecule is O=C(NCCC(O)c1cccs1)c1ccccc1C(F)(F)F. The summed E-state index contributed by atoms with van der Waals surface area (Å²) in [7, 11) is 0. The number of rotatable bonds is 5. The highest BCUT2D eigenvalue weighted by Crippen LogP contribution is 2.31. The van der Waals surface area contributed by atoms with E-state index in [9.17, 15) is 23.1 Å². The lowest BCUT2D eigenvalue weighted by atomic mass is 10.1. The minimum Gasteiger partial charge on any atom is -0.388 e. The number of amides is 1. The zero-order chi connectivity index (χ0) is 16.2. The van der Waals surface area contributed by atoms with Gasteiger partial charge in [-0.3, -0.25) is 4.79 Å². The number of halogens is 3. The Morgan fingerprint density at radius 3 is 2.59 bits per heavy atom. The predicted octanol–water partition coefficient (Wildman–Crippen LogP) is 3.62. The van der Waals surface area contributed by atoms with Gasteiger partial charge in [-0.15, -0.1) is 11.3 Å². The second kappa shape index (κ2) is 6.93. The van der Waals surface area contributed by atoms with E-state index in [2.05, 4.69) is 5.32 Å². The Morgan fingerprint density at radius 2 is 1.95 bits per heavy atom. The van der Waals surface area contributed by atoms with Crippen molar-refractivity contribution in [1.29, 1.82) is 0 Å². The van der Waals surface area contributed by atoms with Crippen LogP contribution in [0, 0.1) is 0 Å². The predicted molar refractivity (Wildman–Crippen MR) is 77.7 cm³/mol. The average Bonchev–Trinajstić information content (AvgIpc) is 3.00. The molecule has 1 atom stereocenters. The topological polar surface area (TPSA) is 49.3 Å². The highest BCUT2D eigenvalue weighted by atomic mass is 32.1. The first-order chi connectivity index (χ1) is 10.4. The Hall–Kier alpha value is -1.86. The second-order valence-corrected chi connectivity index (χ2v) is 5.60. The van der Waals surface area contributed by atoms with Crippen LogP contribution >= 0.6 is 11.3 Å². The number of hydrogen-bond acceptors (Lipinski definition) is 3. The van der Waals surface area contributed by atoms with Crippen LogP contribution in [-0.4, -0.2) is 17.6 Å². The number of carbonyl (C=O) groups is 1. The summed E-state index contributed by atoms with van der Waals surface area (Å²) in [6.45, 7) is 0.0874. The molecule has 1 heterocycles. The summed E-state index contributed by atoms with van der Waals surface area (Å²) < 4.78 is 38.5. The molecule has 0 aliphatic carbocycles. The van der Waals surface area contributed by atoms with E-state index in [0.717, 1.165) is 17.0 Å². The van der Waals surface area contributed by atoms with Crippen molar-refractivity contribution < 1.29 is 23.1 Å². The molecule has 0 saturated heterocycles. The molecule has 0 saturated carbocycles. The van der Waals surface area contributed by atoms with Crippen LogP contribution in [0.25, 0.3) is 0 Å². The summed E-state index contributed by atoms with van der Waals surface area (Å²) in [6, 6.07) is 8.17. The summed E-state index contributed by atoms with van der Waals surface area (Å²) in [4.78, 5) is 12.6. The maximum absolute atomic E-state index is 12.8. The van der Waals surface area contributed by atoms with Gasteiger partial charge in [-0.1, -0.05) is 18.2 Å². The van der Waals surface area contributed by atoms with Gasteiger partial charge in [0.15, 0.2) is 0 Å². The van der Waals surface area contributed by atoms with E-state index in [4.69, 9.17) is 0 Å². The molecule has 0 radical (unpaired) electrons. The summed E-state index contributed by atoms with van der Waals surface area (Å²) in [5, 5.41) is 14.1. The molecule has 1 amide bonds. The van der Waals surface area contributed by atoms with Crippen LogP contribution in [0.5, 0.6) is 0 Å². The van der Waals surface area contributed by atoms with Gasteiger partial charge in [-0.05, 0) is 30.0 Å². The maximum atomic E-state index is 12.8. The number of thiophene rings is 1. The normalized spacial score (nSPS) is 12.9. The fourth-order valence-electron chi connectivity index (χ4n) is 1.97. The highest BCUT2D eigenvalue weighted by molar-refractivity contribution is 7.10. The number of benzene rings is 1. The summed E-state index contributed by atoms with van der Waals surface area (Å²) in [5.41, 5.74) is -1.38. The van der Waals surface area contributed by atoms with Gasteiger partial charge in [-0.25, -0.2) is 0 Å². The monoisotopic (exact) mass is 329 g/mol. The Balaban J connectivity index is 1.96. The van der Waals surface area contributed by atoms with Gasteiger partial charge in [0.1, 0.15) is 0 Å². The molecule has 3 nitrogen and oxygen atoms in total. The molecule has 0 bridgehead atoms. The number of nitrogens with one attached hydrogen (secondary N) is 1. The van der Waals surface area contributed by atoms with Gasteiger partial charge < -0.3 is 10.4 Å². The fraction of sp³-hybridized carbons (Fsp3) is 0.267. The molecule has 2 rings (SSSR count). The van der Waals surface area contributed by atoms with Gasteiger partial charge in [0.05, 0.1) is 17.2 Å². The fourth-order valence-corrected chi connectivity index (χ4v) is 2.72. The number of aliphatic hydroxyl groups is 1. The lowest BCUT2D eigenvalue weighted by Crippen LogP contribution is -2.28. The Bertz CT molecular complexity index is 626. The molecule has 1 aromatic heterocycles. The molecule has 2 N–H and O–H groups in total. The van der Waals surface area contributed by atoms with Crippen LogP contribution in [0.15, 0.2) is 41.8 Å². The Kier molecular flexibility index (Phi) is 5.20. The molecule has 0 spiro atoms. The van der Waals surface area contributed by atoms with Crippen LogP contribution in [0.3, 0.4) is 0 Å². The molecule has 22 heavy (non-hydrogen) atoms. The van der Waals surface area contributed by atoms with Crippen LogP contribution in [0.4, 0.5) is 13.2 Å². The van der Waals surface area contributed by atoms with Gasteiger partial charge in [0.2, 0.25) is 0 Å². The van der Waals surface area contributed by atoms with Crippen molar-refractivity contribution in [1.82, 2.24) is 5.32 Å². The van der Waals surface area contributed by atoms with Crippen LogP contribution in [0.1, 0.15) is 33.3 Å². The van der Waals surface area contributed by atoms with E-state index in [0.29, 0.717) is 0 Å². The van der Waals surface area contributed by atoms with Crippen molar-refractivity contribution in [2.24, 2.45) is 0 Å². The minimum absolute atomic E-state index is 0.0874. The van der Waals surface area contributed by atoms with Crippen molar-refractivity contribution in [2.75, 3.05) is 6.54 Å². The van der Waals surface area contributed by atoms with E-state index in [1.807, 2.05) is 5.38 Å². The summed E-state index contributed by atoms with van der Waals surface area (Å²) in [6.07, 6.45) is -5.08. The standard InChI is InChI=1S/C15H14F3NO2S/c16-15(17,18)11-5-2-1-4-10(11)14(21)19-8-7-12(20)13-6-3-9-22-13/h1-6,9,12,20H,7-8H2,(H,19,21). The number of carbonyl (C=O) groups excluding carboxylic acids is 1. The van der Waals surface area contributed by atoms with E-state index in [1.165, 1.54) is 23.5 Å².